The summed E-state index contributed by atoms with van der Waals surface area (Å²) in [6.07, 6.45) is 0. The molecule has 0 aromatic heterocycles. The third-order valence-electron chi connectivity index (χ3n) is 3.17. The second-order valence-corrected chi connectivity index (χ2v) is 4.93. The van der Waals surface area contributed by atoms with Crippen LogP contribution in [0.2, 0.25) is 0 Å². The molecule has 0 radical (unpaired) electrons. The second-order valence-electron chi connectivity index (χ2n) is 4.93. The van der Waals surface area contributed by atoms with Crippen molar-refractivity contribution in [2.75, 3.05) is 6.61 Å². The summed E-state index contributed by atoms with van der Waals surface area (Å²) < 4.78 is 18.5. The van der Waals surface area contributed by atoms with E-state index in [9.17, 15) is 9.18 Å². The highest BCUT2D eigenvalue weighted by atomic mass is 19.1. The molecular formula is C17H18FNO2. The van der Waals surface area contributed by atoms with Crippen LogP contribution in [0.15, 0.2) is 42.5 Å². The molecule has 0 bridgehead atoms. The molecule has 2 aromatic carbocycles. The Balaban J connectivity index is 1.84. The minimum atomic E-state index is -0.473. The largest absolute Gasteiger partial charge is 0.481 e. The summed E-state index contributed by atoms with van der Waals surface area (Å²) in [4.78, 5) is 11.7. The number of amides is 1. The minimum Gasteiger partial charge on any atom is -0.481 e. The van der Waals surface area contributed by atoms with Crippen LogP contribution in [0.25, 0.3) is 0 Å². The van der Waals surface area contributed by atoms with E-state index in [1.54, 1.807) is 12.1 Å². The molecule has 0 spiro atoms. The van der Waals surface area contributed by atoms with Gasteiger partial charge >= 0.3 is 0 Å². The number of nitrogens with one attached hydrogen (secondary N) is 1. The molecule has 1 N–H and O–H groups in total. The van der Waals surface area contributed by atoms with Crippen molar-refractivity contribution in [3.8, 4) is 5.75 Å². The zero-order valence-electron chi connectivity index (χ0n) is 12.2. The van der Waals surface area contributed by atoms with Crippen LogP contribution in [0.3, 0.4) is 0 Å². The highest BCUT2D eigenvalue weighted by Gasteiger charge is 2.07. The summed E-state index contributed by atoms with van der Waals surface area (Å²) in [6.45, 7) is 4.26. The minimum absolute atomic E-state index is 0.0826. The van der Waals surface area contributed by atoms with Crippen molar-refractivity contribution in [3.63, 3.8) is 0 Å². The Morgan fingerprint density at radius 2 is 1.95 bits per heavy atom. The van der Waals surface area contributed by atoms with Crippen molar-refractivity contribution < 1.29 is 13.9 Å². The number of rotatable bonds is 5. The first-order valence-corrected chi connectivity index (χ1v) is 6.76. The maximum absolute atomic E-state index is 13.3. The summed E-state index contributed by atoms with van der Waals surface area (Å²) in [5.74, 6) is -0.669. The Hall–Kier alpha value is -2.36. The lowest BCUT2D eigenvalue weighted by Crippen LogP contribution is -2.28. The van der Waals surface area contributed by atoms with Gasteiger partial charge in [-0.3, -0.25) is 4.79 Å². The molecule has 110 valence electrons. The molecule has 2 aromatic rings. The third kappa shape index (κ3) is 4.31. The zero-order valence-corrected chi connectivity index (χ0v) is 12.2. The Morgan fingerprint density at radius 3 is 2.67 bits per heavy atom. The topological polar surface area (TPSA) is 38.3 Å². The van der Waals surface area contributed by atoms with Gasteiger partial charge in [-0.15, -0.1) is 0 Å². The predicted molar refractivity (Wildman–Crippen MR) is 79.7 cm³/mol. The summed E-state index contributed by atoms with van der Waals surface area (Å²) in [5.41, 5.74) is 3.37. The molecule has 2 rings (SSSR count). The van der Waals surface area contributed by atoms with Crippen molar-refractivity contribution >= 4 is 5.91 Å². The lowest BCUT2D eigenvalue weighted by atomic mass is 10.1. The lowest BCUT2D eigenvalue weighted by Gasteiger charge is -2.10. The number of benzene rings is 2. The van der Waals surface area contributed by atoms with Crippen LogP contribution in [0.1, 0.15) is 16.7 Å². The molecular weight excluding hydrogens is 269 g/mol. The molecule has 0 atom stereocenters. The average Bonchev–Trinajstić information content (AvgIpc) is 2.45. The first-order valence-electron chi connectivity index (χ1n) is 6.76. The van der Waals surface area contributed by atoms with Crippen molar-refractivity contribution in [2.24, 2.45) is 0 Å². The number of ether oxygens (including phenoxy) is 1. The summed E-state index contributed by atoms with van der Waals surface area (Å²) in [5, 5.41) is 2.76. The molecule has 21 heavy (non-hydrogen) atoms. The first kappa shape index (κ1) is 15.0. The smallest absolute Gasteiger partial charge is 0.258 e. The second kappa shape index (κ2) is 6.88. The van der Waals surface area contributed by atoms with E-state index in [0.717, 1.165) is 11.1 Å². The number of aryl methyl sites for hydroxylation is 2. The number of halogens is 1. The summed E-state index contributed by atoms with van der Waals surface area (Å²) >= 11 is 0. The van der Waals surface area contributed by atoms with E-state index in [4.69, 9.17) is 4.74 Å². The van der Waals surface area contributed by atoms with E-state index < -0.39 is 5.82 Å². The van der Waals surface area contributed by atoms with Crippen molar-refractivity contribution in [1.29, 1.82) is 0 Å². The van der Waals surface area contributed by atoms with Gasteiger partial charge in [-0.05, 0) is 37.1 Å². The molecule has 0 aliphatic carbocycles. The van der Waals surface area contributed by atoms with Gasteiger partial charge in [0.2, 0.25) is 0 Å². The maximum Gasteiger partial charge on any atom is 0.258 e. The molecule has 3 nitrogen and oxygen atoms in total. The van der Waals surface area contributed by atoms with Gasteiger partial charge in [0.05, 0.1) is 0 Å². The number of hydrogen-bond donors (Lipinski definition) is 1. The van der Waals surface area contributed by atoms with Crippen molar-refractivity contribution in [2.45, 2.75) is 20.4 Å². The molecule has 1 amide bonds. The van der Waals surface area contributed by atoms with Gasteiger partial charge in [0.15, 0.2) is 18.2 Å². The Kier molecular flexibility index (Phi) is 4.93. The van der Waals surface area contributed by atoms with E-state index in [1.165, 1.54) is 17.7 Å². The molecule has 0 saturated carbocycles. The fourth-order valence-electron chi connectivity index (χ4n) is 1.99. The number of para-hydroxylation sites is 1. The average molecular weight is 287 g/mol. The van der Waals surface area contributed by atoms with Crippen LogP contribution in [-0.4, -0.2) is 12.5 Å². The van der Waals surface area contributed by atoms with Gasteiger partial charge in [0, 0.05) is 6.54 Å². The van der Waals surface area contributed by atoms with Gasteiger partial charge in [-0.1, -0.05) is 35.9 Å². The molecule has 0 aliphatic heterocycles. The Labute approximate surface area is 123 Å². The molecule has 4 heteroatoms. The predicted octanol–water partition coefficient (Wildman–Crippen LogP) is 3.14. The molecule has 0 aliphatic rings. The quantitative estimate of drug-likeness (QED) is 0.917. The van der Waals surface area contributed by atoms with Crippen LogP contribution in [0.4, 0.5) is 4.39 Å². The van der Waals surface area contributed by atoms with Gasteiger partial charge in [-0.25, -0.2) is 4.39 Å². The first-order chi connectivity index (χ1) is 10.1. The molecule has 0 unspecified atom stereocenters. The van der Waals surface area contributed by atoms with Crippen LogP contribution >= 0.6 is 0 Å². The summed E-state index contributed by atoms with van der Waals surface area (Å²) in [6, 6.07) is 12.1. The monoisotopic (exact) mass is 287 g/mol. The lowest BCUT2D eigenvalue weighted by molar-refractivity contribution is -0.123. The van der Waals surface area contributed by atoms with Gasteiger partial charge in [-0.2, -0.15) is 0 Å². The molecule has 0 heterocycles. The van der Waals surface area contributed by atoms with E-state index >= 15 is 0 Å². The van der Waals surface area contributed by atoms with Gasteiger partial charge < -0.3 is 10.1 Å². The van der Waals surface area contributed by atoms with Crippen molar-refractivity contribution in [1.82, 2.24) is 5.32 Å². The molecule has 0 saturated heterocycles. The van der Waals surface area contributed by atoms with Crippen LogP contribution in [0.5, 0.6) is 5.75 Å². The third-order valence-corrected chi connectivity index (χ3v) is 3.17. The maximum atomic E-state index is 13.3. The Bertz CT molecular complexity index is 640. The van der Waals surface area contributed by atoms with Gasteiger partial charge in [0.25, 0.3) is 5.91 Å². The SMILES string of the molecule is Cc1ccc(CNC(=O)COc2ccccc2F)c(C)c1. The number of carbonyl (C=O) groups excluding carboxylic acids is 1. The standard InChI is InChI=1S/C17H18FNO2/c1-12-7-8-14(13(2)9-12)10-19-17(20)11-21-16-6-4-3-5-15(16)18/h3-9H,10-11H2,1-2H3,(H,19,20). The van der Waals surface area contributed by atoms with E-state index in [-0.39, 0.29) is 18.3 Å². The highest BCUT2D eigenvalue weighted by Crippen LogP contribution is 2.15. The number of carbonyl (C=O) groups is 1. The van der Waals surface area contributed by atoms with Crippen molar-refractivity contribution in [3.05, 3.63) is 65.0 Å². The van der Waals surface area contributed by atoms with Crippen LogP contribution in [0, 0.1) is 19.7 Å². The van der Waals surface area contributed by atoms with Gasteiger partial charge in [0.1, 0.15) is 0 Å². The summed E-state index contributed by atoms with van der Waals surface area (Å²) in [7, 11) is 0. The number of hydrogen-bond acceptors (Lipinski definition) is 2. The van der Waals surface area contributed by atoms with E-state index in [1.807, 2.05) is 26.0 Å². The van der Waals surface area contributed by atoms with Crippen LogP contribution in [-0.2, 0) is 11.3 Å². The zero-order chi connectivity index (χ0) is 15.2. The normalized spacial score (nSPS) is 10.2. The van der Waals surface area contributed by atoms with E-state index in [2.05, 4.69) is 11.4 Å². The van der Waals surface area contributed by atoms with Crippen LogP contribution < -0.4 is 10.1 Å². The van der Waals surface area contributed by atoms with E-state index in [0.29, 0.717) is 6.54 Å². The molecule has 0 fully saturated rings. The highest BCUT2D eigenvalue weighted by molar-refractivity contribution is 5.77. The Morgan fingerprint density at radius 1 is 1.19 bits per heavy atom. The fourth-order valence-corrected chi connectivity index (χ4v) is 1.99. The fraction of sp³-hybridized carbons (Fsp3) is 0.235.